The number of thiophene rings is 1. The molecule has 0 saturated carbocycles. The summed E-state index contributed by atoms with van der Waals surface area (Å²) in [4.78, 5) is 13.8. The smallest absolute Gasteiger partial charge is 0.261 e. The van der Waals surface area contributed by atoms with Gasteiger partial charge in [-0.05, 0) is 22.5 Å². The molecule has 0 aliphatic carbocycles. The van der Waals surface area contributed by atoms with E-state index in [0.717, 1.165) is 4.88 Å². The van der Waals surface area contributed by atoms with E-state index < -0.39 is 0 Å². The van der Waals surface area contributed by atoms with Crippen molar-refractivity contribution in [1.82, 2.24) is 5.32 Å². The van der Waals surface area contributed by atoms with E-state index in [9.17, 15) is 4.79 Å². The van der Waals surface area contributed by atoms with Crippen LogP contribution in [0.3, 0.4) is 0 Å². The molecule has 0 radical (unpaired) electrons. The third-order valence-corrected chi connectivity index (χ3v) is 4.23. The van der Waals surface area contributed by atoms with Crippen LogP contribution in [0, 0.1) is 0 Å². The number of carbonyl (C=O) groups is 1. The standard InChI is InChI=1S/C14H23NOS/c1-13(2,3)9-8-10(12(16)15-7)17-11(9)14(4,5)6/h8H,1-7H3,(H,15,16). The fourth-order valence-corrected chi connectivity index (χ4v) is 3.11. The van der Waals surface area contributed by atoms with Crippen molar-refractivity contribution in [3.63, 3.8) is 0 Å². The zero-order valence-corrected chi connectivity index (χ0v) is 12.7. The van der Waals surface area contributed by atoms with Gasteiger partial charge >= 0.3 is 0 Å². The molecule has 3 heteroatoms. The van der Waals surface area contributed by atoms with Gasteiger partial charge in [0.25, 0.3) is 5.91 Å². The number of carbonyl (C=O) groups excluding carboxylic acids is 1. The van der Waals surface area contributed by atoms with E-state index in [1.807, 2.05) is 6.07 Å². The molecule has 1 aromatic heterocycles. The van der Waals surface area contributed by atoms with E-state index in [2.05, 4.69) is 46.9 Å². The van der Waals surface area contributed by atoms with Crippen molar-refractivity contribution < 1.29 is 4.79 Å². The maximum atomic E-state index is 11.7. The molecule has 2 nitrogen and oxygen atoms in total. The van der Waals surface area contributed by atoms with Gasteiger partial charge in [0.15, 0.2) is 0 Å². The molecule has 0 aromatic carbocycles. The predicted octanol–water partition coefficient (Wildman–Crippen LogP) is 3.70. The highest BCUT2D eigenvalue weighted by atomic mass is 32.1. The Bertz CT molecular complexity index is 387. The number of hydrogen-bond acceptors (Lipinski definition) is 2. The first-order valence-electron chi connectivity index (χ1n) is 5.94. The lowest BCUT2D eigenvalue weighted by Crippen LogP contribution is -2.19. The number of rotatable bonds is 1. The summed E-state index contributed by atoms with van der Waals surface area (Å²) in [6.07, 6.45) is 0. The topological polar surface area (TPSA) is 29.1 Å². The largest absolute Gasteiger partial charge is 0.354 e. The van der Waals surface area contributed by atoms with E-state index >= 15 is 0 Å². The summed E-state index contributed by atoms with van der Waals surface area (Å²) < 4.78 is 0. The van der Waals surface area contributed by atoms with Crippen LogP contribution in [-0.2, 0) is 10.8 Å². The van der Waals surface area contributed by atoms with Crippen molar-refractivity contribution >= 4 is 17.2 Å². The first-order valence-corrected chi connectivity index (χ1v) is 6.76. The number of nitrogens with one attached hydrogen (secondary N) is 1. The van der Waals surface area contributed by atoms with Gasteiger partial charge in [-0.25, -0.2) is 0 Å². The minimum absolute atomic E-state index is 0.0102. The highest BCUT2D eigenvalue weighted by Crippen LogP contribution is 2.39. The van der Waals surface area contributed by atoms with Gasteiger partial charge in [-0.3, -0.25) is 4.79 Å². The Hall–Kier alpha value is -0.830. The van der Waals surface area contributed by atoms with Crippen LogP contribution < -0.4 is 5.32 Å². The molecule has 1 rings (SSSR count). The summed E-state index contributed by atoms with van der Waals surface area (Å²) in [7, 11) is 1.68. The molecule has 1 N–H and O–H groups in total. The van der Waals surface area contributed by atoms with Crippen LogP contribution in [0.1, 0.15) is 61.7 Å². The quantitative estimate of drug-likeness (QED) is 0.812. The van der Waals surface area contributed by atoms with Crippen LogP contribution >= 0.6 is 11.3 Å². The molecule has 0 fully saturated rings. The van der Waals surface area contributed by atoms with Gasteiger partial charge in [-0.2, -0.15) is 0 Å². The van der Waals surface area contributed by atoms with Crippen LogP contribution in [0.15, 0.2) is 6.07 Å². The van der Waals surface area contributed by atoms with Gasteiger partial charge in [-0.1, -0.05) is 41.5 Å². The zero-order chi connectivity index (χ0) is 13.4. The van der Waals surface area contributed by atoms with Crippen LogP contribution in [0.5, 0.6) is 0 Å². The highest BCUT2D eigenvalue weighted by molar-refractivity contribution is 7.14. The lowest BCUT2D eigenvalue weighted by atomic mass is 9.81. The van der Waals surface area contributed by atoms with Gasteiger partial charge in [0, 0.05) is 11.9 Å². The second-order valence-corrected chi connectivity index (χ2v) is 7.48. The molecule has 1 amide bonds. The average Bonchev–Trinajstić information content (AvgIpc) is 2.59. The molecule has 0 unspecified atom stereocenters. The summed E-state index contributed by atoms with van der Waals surface area (Å²) in [5.74, 6) is 0.0102. The Morgan fingerprint density at radius 2 is 1.65 bits per heavy atom. The van der Waals surface area contributed by atoms with E-state index in [1.165, 1.54) is 10.4 Å². The van der Waals surface area contributed by atoms with E-state index in [-0.39, 0.29) is 16.7 Å². The predicted molar refractivity (Wildman–Crippen MR) is 75.1 cm³/mol. The Labute approximate surface area is 108 Å². The zero-order valence-electron chi connectivity index (χ0n) is 11.9. The molecule has 17 heavy (non-hydrogen) atoms. The van der Waals surface area contributed by atoms with Gasteiger partial charge in [-0.15, -0.1) is 11.3 Å². The van der Waals surface area contributed by atoms with E-state index in [4.69, 9.17) is 0 Å². The summed E-state index contributed by atoms with van der Waals surface area (Å²) in [6, 6.07) is 2.05. The average molecular weight is 253 g/mol. The maximum Gasteiger partial charge on any atom is 0.261 e. The van der Waals surface area contributed by atoms with Crippen molar-refractivity contribution in [2.45, 2.75) is 52.4 Å². The van der Waals surface area contributed by atoms with Crippen molar-refractivity contribution in [2.24, 2.45) is 0 Å². The fourth-order valence-electron chi connectivity index (χ4n) is 1.74. The Balaban J connectivity index is 3.38. The summed E-state index contributed by atoms with van der Waals surface area (Å²) in [5, 5.41) is 2.70. The normalized spacial score (nSPS) is 12.6. The lowest BCUT2D eigenvalue weighted by Gasteiger charge is -2.26. The molecule has 0 aliphatic rings. The van der Waals surface area contributed by atoms with Crippen LogP contribution in [-0.4, -0.2) is 13.0 Å². The van der Waals surface area contributed by atoms with E-state index in [0.29, 0.717) is 0 Å². The third kappa shape index (κ3) is 3.09. The van der Waals surface area contributed by atoms with Crippen molar-refractivity contribution in [1.29, 1.82) is 0 Å². The van der Waals surface area contributed by atoms with E-state index in [1.54, 1.807) is 18.4 Å². The van der Waals surface area contributed by atoms with Gasteiger partial charge in [0.2, 0.25) is 0 Å². The summed E-state index contributed by atoms with van der Waals surface area (Å²) in [5.41, 5.74) is 1.44. The second-order valence-electron chi connectivity index (χ2n) is 6.43. The fraction of sp³-hybridized carbons (Fsp3) is 0.643. The van der Waals surface area contributed by atoms with Crippen molar-refractivity contribution in [3.8, 4) is 0 Å². The molecule has 0 spiro atoms. The molecule has 96 valence electrons. The minimum atomic E-state index is 0.0102. The lowest BCUT2D eigenvalue weighted by molar-refractivity contribution is 0.0967. The number of hydrogen-bond donors (Lipinski definition) is 1. The van der Waals surface area contributed by atoms with Crippen LogP contribution in [0.25, 0.3) is 0 Å². The van der Waals surface area contributed by atoms with Gasteiger partial charge in [0.05, 0.1) is 4.88 Å². The van der Waals surface area contributed by atoms with Crippen molar-refractivity contribution in [2.75, 3.05) is 7.05 Å². The Kier molecular flexibility index (Phi) is 3.72. The summed E-state index contributed by atoms with van der Waals surface area (Å²) in [6.45, 7) is 13.2. The summed E-state index contributed by atoms with van der Waals surface area (Å²) >= 11 is 1.61. The molecule has 1 aromatic rings. The van der Waals surface area contributed by atoms with Gasteiger partial charge < -0.3 is 5.32 Å². The first kappa shape index (κ1) is 14.2. The second kappa shape index (κ2) is 4.45. The van der Waals surface area contributed by atoms with Crippen molar-refractivity contribution in [3.05, 3.63) is 21.4 Å². The maximum absolute atomic E-state index is 11.7. The molecular formula is C14H23NOS. The monoisotopic (exact) mass is 253 g/mol. The highest BCUT2D eigenvalue weighted by Gasteiger charge is 2.29. The first-order chi connectivity index (χ1) is 7.57. The van der Waals surface area contributed by atoms with Crippen LogP contribution in [0.4, 0.5) is 0 Å². The van der Waals surface area contributed by atoms with Crippen LogP contribution in [0.2, 0.25) is 0 Å². The Morgan fingerprint density at radius 1 is 1.12 bits per heavy atom. The molecule has 0 saturated heterocycles. The molecule has 0 bridgehead atoms. The molecule has 0 aliphatic heterocycles. The Morgan fingerprint density at radius 3 is 1.94 bits per heavy atom. The molecule has 1 heterocycles. The third-order valence-electron chi connectivity index (χ3n) is 2.67. The molecule has 0 atom stereocenters. The van der Waals surface area contributed by atoms with Gasteiger partial charge in [0.1, 0.15) is 0 Å². The number of amides is 1. The minimum Gasteiger partial charge on any atom is -0.354 e. The molecular weight excluding hydrogens is 230 g/mol. The SMILES string of the molecule is CNC(=O)c1cc(C(C)(C)C)c(C(C)(C)C)s1.